The minimum absolute atomic E-state index is 0.0981. The Morgan fingerprint density at radius 1 is 1.32 bits per heavy atom. The second kappa shape index (κ2) is 8.87. The predicted molar refractivity (Wildman–Crippen MR) is 87.4 cm³/mol. The first-order valence-corrected chi connectivity index (χ1v) is 7.26. The molecule has 0 bridgehead atoms. The first-order chi connectivity index (χ1) is 8.95. The van der Waals surface area contributed by atoms with Crippen LogP contribution >= 0.6 is 11.6 Å². The zero-order valence-corrected chi connectivity index (χ0v) is 13.6. The Balaban J connectivity index is 0.00000154. The molecule has 0 radical (unpaired) electrons. The smallest absolute Gasteiger partial charge is 0.150 e. The summed E-state index contributed by atoms with van der Waals surface area (Å²) in [4.78, 5) is 4.35. The lowest BCUT2D eigenvalue weighted by Gasteiger charge is -2.07. The number of nitrogens with zero attached hydrogens (tertiary/aromatic N) is 1. The number of rotatable bonds is 4. The molecule has 1 rings (SSSR count). The van der Waals surface area contributed by atoms with E-state index in [0.29, 0.717) is 5.71 Å². The molecule has 0 aliphatic heterocycles. The summed E-state index contributed by atoms with van der Waals surface area (Å²) in [5.74, 6) is 0.0981. The lowest BCUT2D eigenvalue weighted by atomic mass is 10.1. The van der Waals surface area contributed by atoms with Crippen LogP contribution in [-0.2, 0) is 6.42 Å². The predicted octanol–water partition coefficient (Wildman–Crippen LogP) is 5.53. The van der Waals surface area contributed by atoms with Gasteiger partial charge < -0.3 is 5.41 Å². The average molecular weight is 281 g/mol. The second-order valence-corrected chi connectivity index (χ2v) is 4.80. The Labute approximate surface area is 122 Å². The largest absolute Gasteiger partial charge is 0.302 e. The van der Waals surface area contributed by atoms with Crippen LogP contribution in [0.25, 0.3) is 0 Å². The Hall–Kier alpha value is -1.15. The number of benzene rings is 1. The van der Waals surface area contributed by atoms with Crippen LogP contribution in [0.3, 0.4) is 0 Å². The summed E-state index contributed by atoms with van der Waals surface area (Å²) >= 11 is 6.05. The fourth-order valence-corrected chi connectivity index (χ4v) is 1.71. The van der Waals surface area contributed by atoms with Crippen LogP contribution in [0.4, 0.5) is 5.69 Å². The molecule has 0 saturated heterocycles. The molecule has 0 fully saturated rings. The average Bonchev–Trinajstić information content (AvgIpc) is 2.42. The lowest BCUT2D eigenvalue weighted by molar-refractivity contribution is 0.888. The zero-order chi connectivity index (χ0) is 15.0. The van der Waals surface area contributed by atoms with Gasteiger partial charge in [0.15, 0.2) is 5.17 Å². The van der Waals surface area contributed by atoms with Crippen LogP contribution in [0, 0.1) is 18.3 Å². The molecule has 0 saturated carbocycles. The molecule has 2 nitrogen and oxygen atoms in total. The molecule has 0 amide bonds. The van der Waals surface area contributed by atoms with Crippen molar-refractivity contribution in [3.05, 3.63) is 29.3 Å². The first kappa shape index (κ1) is 17.8. The van der Waals surface area contributed by atoms with Crippen molar-refractivity contribution in [2.24, 2.45) is 10.9 Å². The molecular weight excluding hydrogens is 256 g/mol. The van der Waals surface area contributed by atoms with Gasteiger partial charge in [0.2, 0.25) is 0 Å². The maximum absolute atomic E-state index is 7.81. The highest BCUT2D eigenvalue weighted by Crippen LogP contribution is 2.22. The molecule has 0 aliphatic rings. The molecule has 19 heavy (non-hydrogen) atoms. The van der Waals surface area contributed by atoms with Crippen LogP contribution in [0.15, 0.2) is 23.2 Å². The van der Waals surface area contributed by atoms with Crippen molar-refractivity contribution in [1.29, 1.82) is 5.41 Å². The number of nitrogens with one attached hydrogen (secondary N) is 1. The Morgan fingerprint density at radius 3 is 2.37 bits per heavy atom. The highest BCUT2D eigenvalue weighted by molar-refractivity contribution is 6.83. The van der Waals surface area contributed by atoms with Crippen LogP contribution in [-0.4, -0.2) is 10.9 Å². The molecule has 0 aliphatic carbocycles. The molecule has 1 aromatic carbocycles. The molecule has 0 unspecified atom stereocenters. The molecule has 1 aromatic rings. The van der Waals surface area contributed by atoms with Gasteiger partial charge in [-0.3, -0.25) is 0 Å². The summed E-state index contributed by atoms with van der Waals surface area (Å²) in [6, 6.07) is 6.17. The van der Waals surface area contributed by atoms with E-state index in [9.17, 15) is 0 Å². The number of aliphatic imine (C=N–C) groups is 1. The van der Waals surface area contributed by atoms with E-state index in [1.54, 1.807) is 0 Å². The summed E-state index contributed by atoms with van der Waals surface area (Å²) < 4.78 is 0. The first-order valence-electron chi connectivity index (χ1n) is 6.88. The SMILES string of the molecule is CC.CCc1ccc(C)c(N=C(Cl)C(=N)C(C)C)c1. The summed E-state index contributed by atoms with van der Waals surface area (Å²) in [6.45, 7) is 12.0. The minimum Gasteiger partial charge on any atom is -0.302 e. The number of hydrogen-bond acceptors (Lipinski definition) is 2. The van der Waals surface area contributed by atoms with Gasteiger partial charge in [-0.05, 0) is 36.5 Å². The van der Waals surface area contributed by atoms with Gasteiger partial charge in [-0.25, -0.2) is 4.99 Å². The monoisotopic (exact) mass is 280 g/mol. The third kappa shape index (κ3) is 5.56. The van der Waals surface area contributed by atoms with Gasteiger partial charge in [0.25, 0.3) is 0 Å². The third-order valence-corrected chi connectivity index (χ3v) is 2.99. The Morgan fingerprint density at radius 2 is 1.89 bits per heavy atom. The van der Waals surface area contributed by atoms with Gasteiger partial charge in [0.1, 0.15) is 0 Å². The van der Waals surface area contributed by atoms with Crippen molar-refractivity contribution in [1.82, 2.24) is 0 Å². The van der Waals surface area contributed by atoms with E-state index in [2.05, 4.69) is 18.0 Å². The number of aryl methyl sites for hydroxylation is 2. The molecule has 3 heteroatoms. The van der Waals surface area contributed by atoms with E-state index in [0.717, 1.165) is 17.7 Å². The van der Waals surface area contributed by atoms with E-state index in [-0.39, 0.29) is 11.1 Å². The van der Waals surface area contributed by atoms with E-state index in [1.165, 1.54) is 5.56 Å². The van der Waals surface area contributed by atoms with E-state index in [1.807, 2.05) is 46.8 Å². The summed E-state index contributed by atoms with van der Waals surface area (Å²) in [5, 5.41) is 8.09. The standard InChI is InChI=1S/C14H19ClN2.C2H6/c1-5-11-7-6-10(4)12(8-11)17-14(15)13(16)9(2)3;1-2/h6-9,16H,5H2,1-4H3;1-2H3. The molecule has 0 heterocycles. The third-order valence-electron chi connectivity index (χ3n) is 2.70. The van der Waals surface area contributed by atoms with Gasteiger partial charge >= 0.3 is 0 Å². The van der Waals surface area contributed by atoms with Crippen LogP contribution in [0.1, 0.15) is 45.7 Å². The second-order valence-electron chi connectivity index (χ2n) is 4.45. The van der Waals surface area contributed by atoms with Gasteiger partial charge in [0, 0.05) is 0 Å². The maximum atomic E-state index is 7.81. The highest BCUT2D eigenvalue weighted by Gasteiger charge is 2.09. The van der Waals surface area contributed by atoms with Gasteiger partial charge in [-0.15, -0.1) is 0 Å². The normalized spacial score (nSPS) is 11.1. The highest BCUT2D eigenvalue weighted by atomic mass is 35.5. The molecule has 106 valence electrons. The number of hydrogen-bond donors (Lipinski definition) is 1. The van der Waals surface area contributed by atoms with E-state index < -0.39 is 0 Å². The van der Waals surface area contributed by atoms with Gasteiger partial charge in [-0.2, -0.15) is 0 Å². The maximum Gasteiger partial charge on any atom is 0.150 e. The van der Waals surface area contributed by atoms with Gasteiger partial charge in [0.05, 0.1) is 11.4 Å². The van der Waals surface area contributed by atoms with Crippen molar-refractivity contribution < 1.29 is 0 Å². The van der Waals surface area contributed by atoms with Gasteiger partial charge in [-0.1, -0.05) is 58.4 Å². The van der Waals surface area contributed by atoms with Crippen LogP contribution < -0.4 is 0 Å². The Bertz CT molecular complexity index is 448. The summed E-state index contributed by atoms with van der Waals surface area (Å²) in [6.07, 6.45) is 0.974. The fraction of sp³-hybridized carbons (Fsp3) is 0.500. The van der Waals surface area contributed by atoms with Crippen molar-refractivity contribution in [2.45, 2.75) is 48.0 Å². The number of halogens is 1. The van der Waals surface area contributed by atoms with Crippen LogP contribution in [0.5, 0.6) is 0 Å². The summed E-state index contributed by atoms with van der Waals surface area (Å²) in [7, 11) is 0. The minimum atomic E-state index is 0.0981. The summed E-state index contributed by atoms with van der Waals surface area (Å²) in [5.41, 5.74) is 3.56. The zero-order valence-electron chi connectivity index (χ0n) is 12.8. The van der Waals surface area contributed by atoms with Crippen LogP contribution in [0.2, 0.25) is 0 Å². The van der Waals surface area contributed by atoms with E-state index in [4.69, 9.17) is 17.0 Å². The molecule has 0 spiro atoms. The fourth-order valence-electron chi connectivity index (χ4n) is 1.40. The quantitative estimate of drug-likeness (QED) is 0.704. The van der Waals surface area contributed by atoms with Crippen molar-refractivity contribution in [2.75, 3.05) is 0 Å². The molecule has 0 atom stereocenters. The lowest BCUT2D eigenvalue weighted by Crippen LogP contribution is -2.13. The topological polar surface area (TPSA) is 36.2 Å². The molecular formula is C16H25ClN2. The Kier molecular flexibility index (Phi) is 8.33. The molecule has 0 aromatic heterocycles. The van der Waals surface area contributed by atoms with E-state index >= 15 is 0 Å². The van der Waals surface area contributed by atoms with Crippen molar-refractivity contribution >= 4 is 28.2 Å². The van der Waals surface area contributed by atoms with Crippen molar-refractivity contribution in [3.8, 4) is 0 Å². The molecule has 1 N–H and O–H groups in total. The van der Waals surface area contributed by atoms with Crippen molar-refractivity contribution in [3.63, 3.8) is 0 Å².